The van der Waals surface area contributed by atoms with Crippen LogP contribution in [0.25, 0.3) is 0 Å². The third-order valence-corrected chi connectivity index (χ3v) is 5.83. The fourth-order valence-corrected chi connectivity index (χ4v) is 4.35. The number of piperidine rings is 1. The number of hydrogen-bond donors (Lipinski definition) is 0. The highest BCUT2D eigenvalue weighted by atomic mass is 16.5. The molecule has 2 saturated heterocycles. The van der Waals surface area contributed by atoms with Crippen LogP contribution < -0.4 is 0 Å². The van der Waals surface area contributed by atoms with Gasteiger partial charge in [0.15, 0.2) is 0 Å². The molecule has 0 aromatic rings. The van der Waals surface area contributed by atoms with Gasteiger partial charge in [-0.15, -0.1) is 0 Å². The van der Waals surface area contributed by atoms with Crippen LogP contribution in [0, 0.1) is 5.92 Å². The molecule has 0 unspecified atom stereocenters. The number of likely N-dealkylation sites (N-methyl/N-ethyl adjacent to an activating group) is 1. The normalized spacial score (nSPS) is 27.5. The van der Waals surface area contributed by atoms with E-state index in [0.29, 0.717) is 13.2 Å². The number of ether oxygens (including phenoxy) is 1. The van der Waals surface area contributed by atoms with E-state index in [4.69, 9.17) is 4.74 Å². The van der Waals surface area contributed by atoms with E-state index in [1.54, 1.807) is 19.1 Å². The number of methoxy groups -OCH3 is 1. The Labute approximate surface area is 144 Å². The Morgan fingerprint density at radius 2 is 2.00 bits per heavy atom. The van der Waals surface area contributed by atoms with Crippen molar-refractivity contribution in [2.45, 2.75) is 37.6 Å². The minimum atomic E-state index is -0.646. The Kier molecular flexibility index (Phi) is 5.25. The van der Waals surface area contributed by atoms with Crippen LogP contribution in [0.4, 0.5) is 4.79 Å². The summed E-state index contributed by atoms with van der Waals surface area (Å²) in [6.45, 7) is 3.83. The first kappa shape index (κ1) is 17.4. The maximum atomic E-state index is 12.8. The van der Waals surface area contributed by atoms with Crippen LogP contribution in [0.3, 0.4) is 0 Å². The lowest BCUT2D eigenvalue weighted by Gasteiger charge is -2.43. The van der Waals surface area contributed by atoms with E-state index < -0.39 is 5.54 Å². The van der Waals surface area contributed by atoms with E-state index >= 15 is 0 Å². The van der Waals surface area contributed by atoms with Crippen molar-refractivity contribution in [1.82, 2.24) is 14.7 Å². The van der Waals surface area contributed by atoms with Crippen LogP contribution in [0.1, 0.15) is 32.1 Å². The van der Waals surface area contributed by atoms with Gasteiger partial charge in [-0.1, -0.05) is 12.2 Å². The molecule has 134 valence electrons. The Hall–Kier alpha value is -1.40. The van der Waals surface area contributed by atoms with Crippen molar-refractivity contribution in [3.8, 4) is 0 Å². The maximum absolute atomic E-state index is 12.8. The van der Waals surface area contributed by atoms with Crippen molar-refractivity contribution in [3.63, 3.8) is 0 Å². The average molecular weight is 335 g/mol. The molecule has 24 heavy (non-hydrogen) atoms. The molecule has 6 heteroatoms. The van der Waals surface area contributed by atoms with Crippen LogP contribution in [-0.4, -0.2) is 79.1 Å². The largest absolute Gasteiger partial charge is 0.383 e. The van der Waals surface area contributed by atoms with Gasteiger partial charge in [0.25, 0.3) is 5.91 Å². The molecule has 3 rings (SSSR count). The molecule has 0 aromatic carbocycles. The van der Waals surface area contributed by atoms with Gasteiger partial charge in [-0.3, -0.25) is 9.69 Å². The van der Waals surface area contributed by atoms with Crippen LogP contribution in [0.15, 0.2) is 12.2 Å². The molecule has 1 aliphatic carbocycles. The number of allylic oxidation sites excluding steroid dienone is 2. The van der Waals surface area contributed by atoms with Gasteiger partial charge in [0.2, 0.25) is 0 Å². The van der Waals surface area contributed by atoms with Gasteiger partial charge >= 0.3 is 6.03 Å². The lowest BCUT2D eigenvalue weighted by Crippen LogP contribution is -2.57. The van der Waals surface area contributed by atoms with Gasteiger partial charge in [-0.05, 0) is 38.0 Å². The second-order valence-electron chi connectivity index (χ2n) is 7.27. The molecule has 2 fully saturated rings. The summed E-state index contributed by atoms with van der Waals surface area (Å²) in [4.78, 5) is 30.7. The molecular weight excluding hydrogens is 306 g/mol. The van der Waals surface area contributed by atoms with Crippen LogP contribution in [0.5, 0.6) is 0 Å². The minimum absolute atomic E-state index is 0.0381. The molecule has 1 spiro atoms. The summed E-state index contributed by atoms with van der Waals surface area (Å²) in [6.07, 6.45) is 9.64. The first-order valence-corrected chi connectivity index (χ1v) is 9.04. The Morgan fingerprint density at radius 3 is 2.62 bits per heavy atom. The van der Waals surface area contributed by atoms with Gasteiger partial charge in [0.1, 0.15) is 5.54 Å². The van der Waals surface area contributed by atoms with Gasteiger partial charge in [-0.25, -0.2) is 4.79 Å². The molecule has 0 radical (unpaired) electrons. The highest BCUT2D eigenvalue weighted by Gasteiger charge is 2.56. The van der Waals surface area contributed by atoms with E-state index in [0.717, 1.165) is 38.4 Å². The molecule has 0 aromatic heterocycles. The number of hydrogen-bond acceptors (Lipinski definition) is 4. The number of urea groups is 1. The standard InChI is InChI=1S/C18H29N3O3/c1-19-16(22)18(21(17(19)23)12-13-24-2)8-10-20(11-9-18)14-15-6-4-3-5-7-15/h3-4,15H,5-14H2,1-2H3/t15-/m0/s1. The lowest BCUT2D eigenvalue weighted by atomic mass is 9.85. The fourth-order valence-electron chi connectivity index (χ4n) is 4.35. The number of likely N-dealkylation sites (tertiary alicyclic amines) is 1. The zero-order chi connectivity index (χ0) is 17.2. The number of carbonyl (C=O) groups is 2. The van der Waals surface area contributed by atoms with E-state index in [9.17, 15) is 9.59 Å². The summed E-state index contributed by atoms with van der Waals surface area (Å²) >= 11 is 0. The second-order valence-corrected chi connectivity index (χ2v) is 7.27. The molecule has 0 bridgehead atoms. The number of rotatable bonds is 5. The molecular formula is C18H29N3O3. The van der Waals surface area contributed by atoms with Crippen molar-refractivity contribution in [2.24, 2.45) is 5.92 Å². The van der Waals surface area contributed by atoms with Crippen LogP contribution in [0.2, 0.25) is 0 Å². The third-order valence-electron chi connectivity index (χ3n) is 5.83. The van der Waals surface area contributed by atoms with Gasteiger partial charge in [0.05, 0.1) is 6.61 Å². The van der Waals surface area contributed by atoms with E-state index in [2.05, 4.69) is 17.1 Å². The highest BCUT2D eigenvalue weighted by Crippen LogP contribution is 2.37. The van der Waals surface area contributed by atoms with Crippen LogP contribution in [-0.2, 0) is 9.53 Å². The summed E-state index contributed by atoms with van der Waals surface area (Å²) in [5, 5.41) is 0. The topological polar surface area (TPSA) is 53.1 Å². The lowest BCUT2D eigenvalue weighted by molar-refractivity contribution is -0.135. The van der Waals surface area contributed by atoms with Gasteiger partial charge in [0, 0.05) is 40.3 Å². The van der Waals surface area contributed by atoms with Crippen molar-refractivity contribution < 1.29 is 14.3 Å². The first-order chi connectivity index (χ1) is 11.6. The minimum Gasteiger partial charge on any atom is -0.383 e. The van der Waals surface area contributed by atoms with Crippen molar-refractivity contribution in [3.05, 3.63) is 12.2 Å². The number of nitrogens with zero attached hydrogens (tertiary/aromatic N) is 3. The van der Waals surface area contributed by atoms with E-state index in [-0.39, 0.29) is 11.9 Å². The summed E-state index contributed by atoms with van der Waals surface area (Å²) in [5.41, 5.74) is -0.646. The van der Waals surface area contributed by atoms with Crippen molar-refractivity contribution in [1.29, 1.82) is 0 Å². The molecule has 0 saturated carbocycles. The summed E-state index contributed by atoms with van der Waals surface area (Å²) in [7, 11) is 3.22. The fraction of sp³-hybridized carbons (Fsp3) is 0.778. The van der Waals surface area contributed by atoms with Gasteiger partial charge in [-0.2, -0.15) is 0 Å². The molecule has 2 aliphatic heterocycles. The number of carbonyl (C=O) groups excluding carboxylic acids is 2. The van der Waals surface area contributed by atoms with E-state index in [1.165, 1.54) is 24.2 Å². The zero-order valence-electron chi connectivity index (χ0n) is 14.9. The predicted molar refractivity (Wildman–Crippen MR) is 91.6 cm³/mol. The SMILES string of the molecule is COCCN1C(=O)N(C)C(=O)C12CCN(C[C@H]1CC=CCC1)CC2. The molecule has 3 amide bonds. The van der Waals surface area contributed by atoms with E-state index in [1.807, 2.05) is 0 Å². The first-order valence-electron chi connectivity index (χ1n) is 9.04. The third kappa shape index (κ3) is 3.09. The summed E-state index contributed by atoms with van der Waals surface area (Å²) < 4.78 is 5.14. The quantitative estimate of drug-likeness (QED) is 0.567. The Morgan fingerprint density at radius 1 is 1.25 bits per heavy atom. The molecule has 3 aliphatic rings. The maximum Gasteiger partial charge on any atom is 0.327 e. The molecule has 6 nitrogen and oxygen atoms in total. The molecule has 0 N–H and O–H groups in total. The van der Waals surface area contributed by atoms with Gasteiger partial charge < -0.3 is 14.5 Å². The Bertz CT molecular complexity index is 512. The molecule has 2 heterocycles. The summed E-state index contributed by atoms with van der Waals surface area (Å²) in [5.74, 6) is 0.695. The monoisotopic (exact) mass is 335 g/mol. The van der Waals surface area contributed by atoms with Crippen molar-refractivity contribution in [2.75, 3.05) is 46.9 Å². The van der Waals surface area contributed by atoms with Crippen LogP contribution >= 0.6 is 0 Å². The summed E-state index contributed by atoms with van der Waals surface area (Å²) in [6, 6.07) is -0.178. The second kappa shape index (κ2) is 7.23. The zero-order valence-corrected chi connectivity index (χ0v) is 14.9. The predicted octanol–water partition coefficient (Wildman–Crippen LogP) is 1.72. The smallest absolute Gasteiger partial charge is 0.327 e. The Balaban J connectivity index is 1.64. The molecule has 1 atom stereocenters. The van der Waals surface area contributed by atoms with Crippen molar-refractivity contribution >= 4 is 11.9 Å². The number of amides is 3. The number of imide groups is 1. The highest BCUT2D eigenvalue weighted by molar-refractivity contribution is 6.06. The average Bonchev–Trinajstić information content (AvgIpc) is 2.78.